The van der Waals surface area contributed by atoms with E-state index >= 15 is 0 Å². The quantitative estimate of drug-likeness (QED) is 0.129. The molecule has 0 spiro atoms. The van der Waals surface area contributed by atoms with Gasteiger partial charge in [-0.15, -0.1) is 0 Å². The van der Waals surface area contributed by atoms with Crippen LogP contribution in [-0.2, 0) is 10.8 Å². The van der Waals surface area contributed by atoms with Crippen LogP contribution in [0.1, 0.15) is 49.9 Å². The zero-order valence-electron chi connectivity index (χ0n) is 52.9. The minimum atomic E-state index is -1.43. The van der Waals surface area contributed by atoms with Crippen molar-refractivity contribution in [3.8, 4) is 77.9 Å². The van der Waals surface area contributed by atoms with Crippen molar-refractivity contribution >= 4 is 93.1 Å². The normalized spacial score (nSPS) is 13.0. The topological polar surface area (TPSA) is 40.5 Å². The average Bonchev–Trinajstić information content (AvgIpc) is 1.44. The molecule has 0 unspecified atom stereocenters. The highest BCUT2D eigenvalue weighted by Crippen LogP contribution is 2.53. The molecule has 0 aliphatic heterocycles. The Morgan fingerprint density at radius 1 is 0.234 bits per heavy atom. The molecule has 16 aromatic carbocycles. The number of rotatable bonds is 6. The van der Waals surface area contributed by atoms with E-state index in [1.165, 1.54) is 154 Å². The van der Waals surface area contributed by atoms with Gasteiger partial charge in [0.15, 0.2) is 0 Å². The van der Waals surface area contributed by atoms with Crippen LogP contribution in [0.4, 0.5) is 0 Å². The Morgan fingerprint density at radius 2 is 0.532 bits per heavy atom. The maximum absolute atomic E-state index is 9.25. The maximum Gasteiger partial charge on any atom is 0.488 e. The van der Waals surface area contributed by atoms with Crippen molar-refractivity contribution in [2.45, 2.75) is 38.5 Å². The van der Waals surface area contributed by atoms with E-state index in [1.807, 2.05) is 24.3 Å². The second-order valence-corrected chi connectivity index (χ2v) is 27.2. The van der Waals surface area contributed by atoms with E-state index in [0.29, 0.717) is 5.46 Å². The van der Waals surface area contributed by atoms with E-state index in [1.54, 1.807) is 12.1 Å². The Morgan fingerprint density at radius 3 is 0.957 bits per heavy atom. The molecule has 18 rings (SSSR count). The van der Waals surface area contributed by atoms with Gasteiger partial charge in [-0.1, -0.05) is 304 Å². The molecular weight excluding hydrogens is 1200 g/mol. The van der Waals surface area contributed by atoms with Gasteiger partial charge < -0.3 is 10.0 Å². The summed E-state index contributed by atoms with van der Waals surface area (Å²) in [5.41, 5.74) is 23.8. The lowest BCUT2D eigenvalue weighted by atomic mass is 9.79. The highest BCUT2D eigenvalue weighted by atomic mass is 79.9. The minimum absolute atomic E-state index is 0.0152. The molecule has 0 fully saturated rings. The van der Waals surface area contributed by atoms with E-state index in [2.05, 4.69) is 323 Å². The summed E-state index contributed by atoms with van der Waals surface area (Å²) in [4.78, 5) is 0. The molecule has 0 atom stereocenters. The van der Waals surface area contributed by atoms with Crippen LogP contribution in [0.25, 0.3) is 143 Å². The molecule has 2 N–H and O–H groups in total. The molecule has 0 saturated carbocycles. The first-order valence-corrected chi connectivity index (χ1v) is 33.2. The summed E-state index contributed by atoms with van der Waals surface area (Å²) in [5.74, 6) is 0. The lowest BCUT2D eigenvalue weighted by molar-refractivity contribution is 0.426. The largest absolute Gasteiger partial charge is 0.488 e. The lowest BCUT2D eigenvalue weighted by Crippen LogP contribution is -2.29. The Bertz CT molecular complexity index is 5660. The summed E-state index contributed by atoms with van der Waals surface area (Å²) in [6.07, 6.45) is 0. The Balaban J connectivity index is 0.000000121. The SMILES string of the molecule is CC1(C)c2cc(-c3ccc(-c4cc5ccccc5c5ccccc45)cc3)ccc2-c2ccc(-c3ccc4ccccc4c3)cc21.CC1(C)c2cc(Br)ccc2-c2ccc(-c3ccc4ccccc4c3)cc21.OB(O)c1ccc(-c2cc3ccccc3c3ccccc23)cc1. The highest BCUT2D eigenvalue weighted by Gasteiger charge is 2.37. The second kappa shape index (κ2) is 23.6. The van der Waals surface area contributed by atoms with Crippen LogP contribution in [-0.4, -0.2) is 17.2 Å². The summed E-state index contributed by atoms with van der Waals surface area (Å²) in [5, 5.41) is 33.7. The van der Waals surface area contributed by atoms with E-state index < -0.39 is 7.12 Å². The van der Waals surface area contributed by atoms with Gasteiger partial charge in [-0.2, -0.15) is 0 Å². The second-order valence-electron chi connectivity index (χ2n) is 26.3. The summed E-state index contributed by atoms with van der Waals surface area (Å²) in [6, 6.07) is 114. The van der Waals surface area contributed by atoms with Crippen molar-refractivity contribution in [1.82, 2.24) is 0 Å². The van der Waals surface area contributed by atoms with Gasteiger partial charge in [-0.25, -0.2) is 0 Å². The van der Waals surface area contributed by atoms with Crippen LogP contribution in [0.3, 0.4) is 0 Å². The number of fused-ring (bicyclic) bond motifs is 14. The third-order valence-corrected chi connectivity index (χ3v) is 20.6. The zero-order valence-corrected chi connectivity index (χ0v) is 54.5. The Labute approximate surface area is 558 Å². The molecule has 0 bridgehead atoms. The van der Waals surface area contributed by atoms with E-state index in [-0.39, 0.29) is 10.8 Å². The van der Waals surface area contributed by atoms with Crippen molar-refractivity contribution in [3.63, 3.8) is 0 Å². The van der Waals surface area contributed by atoms with Crippen molar-refractivity contribution in [2.24, 2.45) is 0 Å². The fourth-order valence-electron chi connectivity index (χ4n) is 15.0. The van der Waals surface area contributed by atoms with Gasteiger partial charge in [0.05, 0.1) is 0 Å². The predicted molar refractivity (Wildman–Crippen MR) is 404 cm³/mol. The molecule has 448 valence electrons. The Kier molecular flexibility index (Phi) is 14.7. The van der Waals surface area contributed by atoms with Crippen molar-refractivity contribution in [2.75, 3.05) is 0 Å². The molecule has 0 radical (unpaired) electrons. The molecule has 16 aromatic rings. The molecule has 4 heteroatoms. The van der Waals surface area contributed by atoms with Gasteiger partial charge in [-0.3, -0.25) is 0 Å². The van der Waals surface area contributed by atoms with Crippen molar-refractivity contribution in [1.29, 1.82) is 0 Å². The molecule has 94 heavy (non-hydrogen) atoms. The predicted octanol–water partition coefficient (Wildman–Crippen LogP) is 23.4. The van der Waals surface area contributed by atoms with E-state index in [4.69, 9.17) is 0 Å². The zero-order chi connectivity index (χ0) is 63.8. The summed E-state index contributed by atoms with van der Waals surface area (Å²) < 4.78 is 1.15. The standard InChI is InChI=1S/C45H32.C25H19Br.C20H15BO2/c1-45(2)43-27-34(21-23-40(43)41-24-22-35(28-44(41)45)33-20-17-29-9-3-4-10-32(29)25-33)30-15-18-31(19-16-30)42-26-36-11-5-6-12-37(36)38-13-7-8-14-39(38)42;1-25(2)23-14-19(18-8-7-16-5-3-4-6-17(16)13-18)9-11-21(23)22-12-10-20(26)15-24(22)25;22-21(23)16-11-9-14(10-12-16)20-13-15-5-1-2-6-17(15)18-7-3-4-8-19(18)20/h3-28H,1-2H3;3-15H,1-2H3;1-13,22-23H. The van der Waals surface area contributed by atoms with Gasteiger partial charge in [0, 0.05) is 15.3 Å². The first kappa shape index (κ1) is 58.6. The number of halogens is 1. The monoisotopic (exact) mass is 1270 g/mol. The number of benzene rings is 16. The summed E-state index contributed by atoms with van der Waals surface area (Å²) in [7, 11) is -1.43. The fourth-order valence-corrected chi connectivity index (χ4v) is 15.3. The summed E-state index contributed by atoms with van der Waals surface area (Å²) in [6.45, 7) is 9.40. The van der Waals surface area contributed by atoms with Crippen LogP contribution in [0.5, 0.6) is 0 Å². The smallest absolute Gasteiger partial charge is 0.423 e. The van der Waals surface area contributed by atoms with Gasteiger partial charge >= 0.3 is 7.12 Å². The van der Waals surface area contributed by atoms with Gasteiger partial charge in [0.2, 0.25) is 0 Å². The van der Waals surface area contributed by atoms with Crippen LogP contribution < -0.4 is 5.46 Å². The van der Waals surface area contributed by atoms with Crippen LogP contribution >= 0.6 is 15.9 Å². The molecule has 2 aliphatic rings. The third kappa shape index (κ3) is 10.4. The maximum atomic E-state index is 9.25. The molecule has 0 heterocycles. The van der Waals surface area contributed by atoms with E-state index in [0.717, 1.165) is 15.6 Å². The van der Waals surface area contributed by atoms with Crippen LogP contribution in [0.2, 0.25) is 0 Å². The van der Waals surface area contributed by atoms with E-state index in [9.17, 15) is 10.0 Å². The molecule has 0 saturated heterocycles. The Hall–Kier alpha value is -10.5. The van der Waals surface area contributed by atoms with Crippen molar-refractivity contribution < 1.29 is 10.0 Å². The molecule has 2 aliphatic carbocycles. The lowest BCUT2D eigenvalue weighted by Gasteiger charge is -2.22. The van der Waals surface area contributed by atoms with Gasteiger partial charge in [-0.05, 0) is 225 Å². The third-order valence-electron chi connectivity index (χ3n) is 20.1. The molecule has 2 nitrogen and oxygen atoms in total. The average molecular weight is 1270 g/mol. The van der Waals surface area contributed by atoms with Gasteiger partial charge in [0.25, 0.3) is 0 Å². The van der Waals surface area contributed by atoms with Crippen molar-refractivity contribution in [3.05, 3.63) is 342 Å². The molecule has 0 amide bonds. The van der Waals surface area contributed by atoms with Crippen LogP contribution in [0.15, 0.2) is 320 Å². The van der Waals surface area contributed by atoms with Crippen LogP contribution in [0, 0.1) is 0 Å². The molecule has 0 aromatic heterocycles. The number of hydrogen-bond donors (Lipinski definition) is 2. The first-order chi connectivity index (χ1) is 45.8. The number of hydrogen-bond acceptors (Lipinski definition) is 2. The van der Waals surface area contributed by atoms with Gasteiger partial charge in [0.1, 0.15) is 0 Å². The minimum Gasteiger partial charge on any atom is -0.423 e. The fraction of sp³-hybridized carbons (Fsp3) is 0.0667. The highest BCUT2D eigenvalue weighted by molar-refractivity contribution is 9.10. The summed E-state index contributed by atoms with van der Waals surface area (Å²) >= 11 is 3.64. The first-order valence-electron chi connectivity index (χ1n) is 32.4. The molecular formula is C90H66BBrO2.